The molecule has 4 aliphatic rings. The second kappa shape index (κ2) is 4.02. The van der Waals surface area contributed by atoms with E-state index in [1.165, 1.54) is 0 Å². The number of rotatable bonds is 1. The van der Waals surface area contributed by atoms with Gasteiger partial charge in [0.1, 0.15) is 0 Å². The van der Waals surface area contributed by atoms with Crippen molar-refractivity contribution in [3.05, 3.63) is 0 Å². The Balaban J connectivity index is 2.78. The first-order chi connectivity index (χ1) is 11.9. The van der Waals surface area contributed by atoms with Gasteiger partial charge in [-0.05, 0) is 0 Å². The number of hydrogen-bond donors (Lipinski definition) is 1. The first-order valence-corrected chi connectivity index (χ1v) is 6.58. The molecule has 4 bridgehead atoms. The van der Waals surface area contributed by atoms with Gasteiger partial charge < -0.3 is 5.73 Å². The summed E-state index contributed by atoms with van der Waals surface area (Å²) in [5, 5.41) is 0. The van der Waals surface area contributed by atoms with Gasteiger partial charge in [-0.25, -0.2) is 39.5 Å². The van der Waals surface area contributed by atoms with Crippen molar-refractivity contribution in [1.82, 2.24) is 0 Å². The fourth-order valence-electron chi connectivity index (χ4n) is 4.32. The predicted molar refractivity (Wildman–Crippen MR) is 52.8 cm³/mol. The van der Waals surface area contributed by atoms with Crippen LogP contribution in [0.3, 0.4) is 0 Å². The van der Waals surface area contributed by atoms with Gasteiger partial charge in [-0.2, -0.15) is 26.3 Å². The molecule has 4 aliphatic carbocycles. The third kappa shape index (κ3) is 1.06. The molecule has 2 N–H and O–H groups in total. The molecule has 0 spiro atoms. The quantitative estimate of drug-likeness (QED) is 0.613. The van der Waals surface area contributed by atoms with Gasteiger partial charge in [-0.1, -0.05) is 0 Å². The van der Waals surface area contributed by atoms with Crippen molar-refractivity contribution in [2.45, 2.75) is 52.5 Å². The van der Waals surface area contributed by atoms with Crippen LogP contribution in [0.15, 0.2) is 0 Å². The molecule has 0 saturated heterocycles. The highest BCUT2D eigenvalue weighted by molar-refractivity contribution is 5.88. The average molecular weight is 449 g/mol. The minimum Gasteiger partial charge on any atom is -0.369 e. The highest BCUT2D eigenvalue weighted by Crippen LogP contribution is 2.90. The third-order valence-electron chi connectivity index (χ3n) is 5.68. The van der Waals surface area contributed by atoms with Crippen molar-refractivity contribution in [1.29, 1.82) is 0 Å². The fraction of sp³-hybridized carbons (Fsp3) is 0.909. The van der Waals surface area contributed by atoms with E-state index in [2.05, 4.69) is 5.73 Å². The molecule has 4 rings (SSSR count). The standard InChI is InChI=1S/C11H2F15NO/c12-3-6(15,16)2(1(27)28)7(17,18)4(13,9(3,21)22)11(25,26)5(14,8(2,19)20)10(3,23)24/h(H2,27,28). The summed E-state index contributed by atoms with van der Waals surface area (Å²) in [5.41, 5.74) is -26.6. The van der Waals surface area contributed by atoms with Crippen LogP contribution in [0.5, 0.6) is 0 Å². The molecule has 4 fully saturated rings. The highest BCUT2D eigenvalue weighted by Gasteiger charge is 3.23. The Morgan fingerprint density at radius 3 is 0.750 bits per heavy atom. The Labute approximate surface area is 141 Å². The van der Waals surface area contributed by atoms with Crippen LogP contribution < -0.4 is 5.73 Å². The summed E-state index contributed by atoms with van der Waals surface area (Å²) in [7, 11) is 0. The molecule has 0 unspecified atom stereocenters. The Hall–Kier alpha value is -1.58. The van der Waals surface area contributed by atoms with E-state index in [0.29, 0.717) is 0 Å². The molecule has 162 valence electrons. The predicted octanol–water partition coefficient (Wildman–Crippen LogP) is 3.44. The van der Waals surface area contributed by atoms with Crippen LogP contribution in [-0.2, 0) is 4.79 Å². The number of carbonyl (C=O) groups is 1. The van der Waals surface area contributed by atoms with Gasteiger partial charge in [0.15, 0.2) is 0 Å². The number of hydrogen-bond acceptors (Lipinski definition) is 1. The molecule has 0 aromatic rings. The van der Waals surface area contributed by atoms with Crippen molar-refractivity contribution in [3.8, 4) is 0 Å². The van der Waals surface area contributed by atoms with E-state index in [1.54, 1.807) is 0 Å². The summed E-state index contributed by atoms with van der Waals surface area (Å²) in [6.45, 7) is 0. The molecule has 0 heterocycles. The van der Waals surface area contributed by atoms with Gasteiger partial charge in [0.25, 0.3) is 0 Å². The Morgan fingerprint density at radius 1 is 0.429 bits per heavy atom. The van der Waals surface area contributed by atoms with Gasteiger partial charge in [0.2, 0.25) is 11.3 Å². The van der Waals surface area contributed by atoms with Crippen molar-refractivity contribution in [3.63, 3.8) is 0 Å². The zero-order valence-electron chi connectivity index (χ0n) is 12.2. The lowest BCUT2D eigenvalue weighted by molar-refractivity contribution is -0.602. The summed E-state index contributed by atoms with van der Waals surface area (Å²) >= 11 is 0. The van der Waals surface area contributed by atoms with E-state index < -0.39 is 63.9 Å². The van der Waals surface area contributed by atoms with Crippen LogP contribution >= 0.6 is 0 Å². The van der Waals surface area contributed by atoms with E-state index >= 15 is 0 Å². The summed E-state index contributed by atoms with van der Waals surface area (Å²) in [5.74, 6) is -51.0. The molecule has 0 radical (unpaired) electrons. The Morgan fingerprint density at radius 2 is 0.607 bits per heavy atom. The maximum Gasteiger partial charge on any atom is 0.339 e. The SMILES string of the molecule is NC(=O)C12C(F)(F)C3(F)C(F)(F)C(F)(C(F)(F)C(F)(C3(F)F)C1(F)F)C2(F)F. The van der Waals surface area contributed by atoms with Crippen LogP contribution in [0.1, 0.15) is 0 Å². The Bertz CT molecular complexity index is 689. The average Bonchev–Trinajstić information content (AvgIpc) is 2.46. The molecule has 2 nitrogen and oxygen atoms in total. The largest absolute Gasteiger partial charge is 0.369 e. The van der Waals surface area contributed by atoms with Crippen molar-refractivity contribution in [2.75, 3.05) is 0 Å². The van der Waals surface area contributed by atoms with Gasteiger partial charge in [0, 0.05) is 0 Å². The number of carbonyl (C=O) groups excluding carboxylic acids is 1. The van der Waals surface area contributed by atoms with Crippen LogP contribution in [-0.4, -0.2) is 58.4 Å². The van der Waals surface area contributed by atoms with Gasteiger partial charge in [-0.3, -0.25) is 4.79 Å². The molecule has 0 atom stereocenters. The first-order valence-electron chi connectivity index (χ1n) is 6.58. The summed E-state index contributed by atoms with van der Waals surface area (Å²) in [6, 6.07) is 0. The van der Waals surface area contributed by atoms with E-state index in [0.717, 1.165) is 0 Å². The zero-order chi connectivity index (χ0) is 22.6. The topological polar surface area (TPSA) is 43.1 Å². The number of amides is 1. The van der Waals surface area contributed by atoms with E-state index in [-0.39, 0.29) is 0 Å². The molecule has 0 aromatic heterocycles. The lowest BCUT2D eigenvalue weighted by Gasteiger charge is -2.74. The molecule has 17 heteroatoms. The number of nitrogens with two attached hydrogens (primary N) is 1. The van der Waals surface area contributed by atoms with E-state index in [9.17, 15) is 70.7 Å². The number of alkyl halides is 15. The summed E-state index contributed by atoms with van der Waals surface area (Å²) in [4.78, 5) is 11.1. The summed E-state index contributed by atoms with van der Waals surface area (Å²) < 4.78 is 212. The normalized spacial score (nSPS) is 50.4. The third-order valence-corrected chi connectivity index (χ3v) is 5.68. The van der Waals surface area contributed by atoms with Crippen LogP contribution in [0.2, 0.25) is 0 Å². The molecular formula is C11H2F15NO. The van der Waals surface area contributed by atoms with Gasteiger partial charge >= 0.3 is 52.5 Å². The number of primary amides is 1. The maximum absolute atomic E-state index is 14.4. The first kappa shape index (κ1) is 21.1. The monoisotopic (exact) mass is 449 g/mol. The summed E-state index contributed by atoms with van der Waals surface area (Å²) in [6.07, 6.45) is 0. The van der Waals surface area contributed by atoms with Gasteiger partial charge in [-0.15, -0.1) is 0 Å². The Kier molecular flexibility index (Phi) is 3.03. The van der Waals surface area contributed by atoms with Crippen molar-refractivity contribution < 1.29 is 70.7 Å². The van der Waals surface area contributed by atoms with Crippen LogP contribution in [0, 0.1) is 5.41 Å². The molecule has 0 aromatic carbocycles. The fourth-order valence-corrected chi connectivity index (χ4v) is 4.32. The van der Waals surface area contributed by atoms with Crippen molar-refractivity contribution in [2.24, 2.45) is 11.1 Å². The molecule has 0 aliphatic heterocycles. The molecule has 4 saturated carbocycles. The molecule has 28 heavy (non-hydrogen) atoms. The highest BCUT2D eigenvalue weighted by atomic mass is 19.3. The second-order valence-electron chi connectivity index (χ2n) is 6.54. The zero-order valence-corrected chi connectivity index (χ0v) is 12.2. The smallest absolute Gasteiger partial charge is 0.339 e. The lowest BCUT2D eigenvalue weighted by Crippen LogP contribution is -3.08. The van der Waals surface area contributed by atoms with Crippen LogP contribution in [0.25, 0.3) is 0 Å². The van der Waals surface area contributed by atoms with Crippen molar-refractivity contribution >= 4 is 5.91 Å². The maximum atomic E-state index is 14.4. The van der Waals surface area contributed by atoms with E-state index in [4.69, 9.17) is 0 Å². The van der Waals surface area contributed by atoms with Gasteiger partial charge in [0.05, 0.1) is 0 Å². The van der Waals surface area contributed by atoms with E-state index in [1.807, 2.05) is 0 Å². The molecular weight excluding hydrogens is 447 g/mol. The van der Waals surface area contributed by atoms with Crippen LogP contribution in [0.4, 0.5) is 65.9 Å². The number of halogens is 15. The minimum absolute atomic E-state index is 3.85. The lowest BCUT2D eigenvalue weighted by atomic mass is 9.36. The molecule has 1 amide bonds. The second-order valence-corrected chi connectivity index (χ2v) is 6.54. The minimum atomic E-state index is -7.90.